The standard InChI is InChI=1S/C24H21F2N3O4S/c1-28(8-4-7-25)22(31)16-6-3-5-15(12-16)18-13-29-23(32)20(34-24(29)27-18)11-14-9-17(26)21(30)19(10-14)33-2/h3,5-6,9-13,30H,4,7-8H2,1-2H3. The Morgan fingerprint density at radius 3 is 2.82 bits per heavy atom. The Hall–Kier alpha value is -3.79. The second kappa shape index (κ2) is 9.60. The fourth-order valence-corrected chi connectivity index (χ4v) is 4.44. The zero-order chi connectivity index (χ0) is 24.4. The van der Waals surface area contributed by atoms with Crippen molar-refractivity contribution >= 4 is 28.3 Å². The van der Waals surface area contributed by atoms with Gasteiger partial charge in [0.05, 0.1) is 24.0 Å². The topological polar surface area (TPSA) is 84.1 Å². The first kappa shape index (κ1) is 23.4. The van der Waals surface area contributed by atoms with Crippen LogP contribution in [0.25, 0.3) is 22.3 Å². The van der Waals surface area contributed by atoms with Crippen molar-refractivity contribution in [1.29, 1.82) is 0 Å². The Labute approximate surface area is 197 Å². The Bertz CT molecular complexity index is 1480. The average molecular weight is 486 g/mol. The van der Waals surface area contributed by atoms with Gasteiger partial charge in [-0.25, -0.2) is 9.37 Å². The molecule has 0 saturated carbocycles. The van der Waals surface area contributed by atoms with E-state index >= 15 is 0 Å². The molecule has 176 valence electrons. The predicted molar refractivity (Wildman–Crippen MR) is 126 cm³/mol. The SMILES string of the molecule is COc1cc(C=c2sc3nc(-c4cccc(C(=O)N(C)CCCF)c4)cn3c2=O)cc(F)c1O. The van der Waals surface area contributed by atoms with Crippen molar-refractivity contribution in [2.75, 3.05) is 27.4 Å². The minimum absolute atomic E-state index is 0.0351. The summed E-state index contributed by atoms with van der Waals surface area (Å²) in [6, 6.07) is 9.41. The summed E-state index contributed by atoms with van der Waals surface area (Å²) < 4.78 is 33.0. The number of phenolic OH excluding ortho intramolecular Hbond substituents is 1. The third kappa shape index (κ3) is 4.49. The number of aromatic nitrogens is 2. The van der Waals surface area contributed by atoms with Crippen molar-refractivity contribution in [2.24, 2.45) is 0 Å². The van der Waals surface area contributed by atoms with Gasteiger partial charge in [0.2, 0.25) is 0 Å². The highest BCUT2D eigenvalue weighted by molar-refractivity contribution is 7.15. The summed E-state index contributed by atoms with van der Waals surface area (Å²) in [6.45, 7) is -0.176. The zero-order valence-electron chi connectivity index (χ0n) is 18.4. The summed E-state index contributed by atoms with van der Waals surface area (Å²) in [5.41, 5.74) is 1.65. The number of nitrogens with zero attached hydrogens (tertiary/aromatic N) is 3. The normalized spacial score (nSPS) is 11.8. The van der Waals surface area contributed by atoms with E-state index in [9.17, 15) is 23.5 Å². The van der Waals surface area contributed by atoms with Crippen LogP contribution >= 0.6 is 11.3 Å². The van der Waals surface area contributed by atoms with E-state index in [2.05, 4.69) is 4.98 Å². The molecule has 7 nitrogen and oxygen atoms in total. The summed E-state index contributed by atoms with van der Waals surface area (Å²) >= 11 is 1.13. The first-order valence-corrected chi connectivity index (χ1v) is 11.2. The van der Waals surface area contributed by atoms with Gasteiger partial charge in [0, 0.05) is 30.9 Å². The summed E-state index contributed by atoms with van der Waals surface area (Å²) in [5, 5.41) is 9.66. The number of amides is 1. The fraction of sp³-hybridized carbons (Fsp3) is 0.208. The molecule has 0 unspecified atom stereocenters. The third-order valence-corrected chi connectivity index (χ3v) is 6.23. The molecule has 0 fully saturated rings. The number of thiazole rings is 1. The van der Waals surface area contributed by atoms with E-state index in [-0.39, 0.29) is 23.6 Å². The molecule has 0 aliphatic rings. The van der Waals surface area contributed by atoms with Gasteiger partial charge in [0.1, 0.15) is 0 Å². The van der Waals surface area contributed by atoms with E-state index in [4.69, 9.17) is 4.74 Å². The van der Waals surface area contributed by atoms with Crippen LogP contribution in [0.5, 0.6) is 11.5 Å². The predicted octanol–water partition coefficient (Wildman–Crippen LogP) is 3.26. The summed E-state index contributed by atoms with van der Waals surface area (Å²) in [4.78, 5) is 31.9. The smallest absolute Gasteiger partial charge is 0.274 e. The fourth-order valence-electron chi connectivity index (χ4n) is 3.49. The highest BCUT2D eigenvalue weighted by Crippen LogP contribution is 2.30. The van der Waals surface area contributed by atoms with Crippen LogP contribution in [0.2, 0.25) is 0 Å². The highest BCUT2D eigenvalue weighted by Gasteiger charge is 2.15. The van der Waals surface area contributed by atoms with Gasteiger partial charge in [-0.05, 0) is 42.3 Å². The molecule has 0 saturated heterocycles. The Morgan fingerprint density at radius 2 is 2.12 bits per heavy atom. The number of hydrogen-bond acceptors (Lipinski definition) is 6. The van der Waals surface area contributed by atoms with Crippen molar-refractivity contribution in [3.63, 3.8) is 0 Å². The summed E-state index contributed by atoms with van der Waals surface area (Å²) in [6.07, 6.45) is 3.35. The molecule has 10 heteroatoms. The van der Waals surface area contributed by atoms with Crippen LogP contribution in [0.4, 0.5) is 8.78 Å². The number of carbonyl (C=O) groups is 1. The summed E-state index contributed by atoms with van der Waals surface area (Å²) in [5.74, 6) is -1.71. The van der Waals surface area contributed by atoms with Gasteiger partial charge in [-0.2, -0.15) is 0 Å². The van der Waals surface area contributed by atoms with Crippen LogP contribution in [-0.4, -0.2) is 52.7 Å². The second-order valence-electron chi connectivity index (χ2n) is 7.60. The first-order chi connectivity index (χ1) is 16.3. The van der Waals surface area contributed by atoms with E-state index in [0.717, 1.165) is 17.4 Å². The first-order valence-electron chi connectivity index (χ1n) is 10.3. The van der Waals surface area contributed by atoms with Crippen molar-refractivity contribution < 1.29 is 23.4 Å². The van der Waals surface area contributed by atoms with Crippen molar-refractivity contribution in [2.45, 2.75) is 6.42 Å². The van der Waals surface area contributed by atoms with Crippen LogP contribution in [0.15, 0.2) is 47.4 Å². The van der Waals surface area contributed by atoms with Crippen molar-refractivity contribution in [1.82, 2.24) is 14.3 Å². The van der Waals surface area contributed by atoms with Gasteiger partial charge in [0.15, 0.2) is 22.3 Å². The number of carbonyl (C=O) groups excluding carboxylic acids is 1. The molecule has 2 heterocycles. The number of aromatic hydroxyl groups is 1. The largest absolute Gasteiger partial charge is 0.502 e. The molecule has 4 aromatic rings. The van der Waals surface area contributed by atoms with E-state index in [1.807, 2.05) is 0 Å². The summed E-state index contributed by atoms with van der Waals surface area (Å²) in [7, 11) is 2.93. The number of fused-ring (bicyclic) bond motifs is 1. The number of imidazole rings is 1. The number of halogens is 2. The lowest BCUT2D eigenvalue weighted by Crippen LogP contribution is -2.28. The van der Waals surface area contributed by atoms with Crippen LogP contribution < -0.4 is 14.8 Å². The Morgan fingerprint density at radius 1 is 1.32 bits per heavy atom. The average Bonchev–Trinajstić information content (AvgIpc) is 3.38. The Balaban J connectivity index is 1.67. The van der Waals surface area contributed by atoms with Crippen molar-refractivity contribution in [3.05, 3.63) is 74.4 Å². The van der Waals surface area contributed by atoms with Gasteiger partial charge in [0.25, 0.3) is 11.5 Å². The van der Waals surface area contributed by atoms with Crippen molar-refractivity contribution in [3.8, 4) is 22.8 Å². The molecule has 0 aliphatic carbocycles. The molecule has 0 bridgehead atoms. The molecule has 1 N–H and O–H groups in total. The number of ether oxygens (including phenoxy) is 1. The van der Waals surface area contributed by atoms with E-state index in [1.165, 1.54) is 28.6 Å². The van der Waals surface area contributed by atoms with Gasteiger partial charge in [-0.1, -0.05) is 23.5 Å². The molecule has 0 spiro atoms. The number of rotatable bonds is 7. The van der Waals surface area contributed by atoms with E-state index in [0.29, 0.717) is 38.4 Å². The maximum absolute atomic E-state index is 13.9. The molecular weight excluding hydrogens is 464 g/mol. The highest BCUT2D eigenvalue weighted by atomic mass is 32.1. The molecule has 34 heavy (non-hydrogen) atoms. The molecule has 2 aromatic heterocycles. The molecule has 0 atom stereocenters. The number of hydrogen-bond donors (Lipinski definition) is 1. The lowest BCUT2D eigenvalue weighted by atomic mass is 10.1. The van der Waals surface area contributed by atoms with Gasteiger partial charge >= 0.3 is 0 Å². The molecular formula is C24H21F2N3O4S. The zero-order valence-corrected chi connectivity index (χ0v) is 19.2. The van der Waals surface area contributed by atoms with Crippen LogP contribution in [0, 0.1) is 5.82 Å². The third-order valence-electron chi connectivity index (χ3n) is 5.25. The number of alkyl halides is 1. The maximum atomic E-state index is 13.9. The monoisotopic (exact) mass is 485 g/mol. The second-order valence-corrected chi connectivity index (χ2v) is 8.61. The van der Waals surface area contributed by atoms with Crippen LogP contribution in [0.1, 0.15) is 22.3 Å². The Kier molecular flexibility index (Phi) is 6.60. The van der Waals surface area contributed by atoms with E-state index in [1.54, 1.807) is 37.5 Å². The van der Waals surface area contributed by atoms with Gasteiger partial charge in [-0.3, -0.25) is 18.4 Å². The number of benzene rings is 2. The van der Waals surface area contributed by atoms with Crippen LogP contribution in [-0.2, 0) is 0 Å². The van der Waals surface area contributed by atoms with Gasteiger partial charge < -0.3 is 14.7 Å². The number of phenols is 1. The van der Waals surface area contributed by atoms with E-state index < -0.39 is 18.2 Å². The van der Waals surface area contributed by atoms with Crippen LogP contribution in [0.3, 0.4) is 0 Å². The minimum Gasteiger partial charge on any atom is -0.502 e. The number of methoxy groups -OCH3 is 1. The molecule has 2 aromatic carbocycles. The minimum atomic E-state index is -0.855. The molecule has 4 rings (SSSR count). The lowest BCUT2D eigenvalue weighted by molar-refractivity contribution is 0.0791. The maximum Gasteiger partial charge on any atom is 0.274 e. The molecule has 0 aliphatic heterocycles. The molecule has 0 radical (unpaired) electrons. The molecule has 1 amide bonds. The van der Waals surface area contributed by atoms with Gasteiger partial charge in [-0.15, -0.1) is 0 Å². The quantitative estimate of drug-likeness (QED) is 0.435. The lowest BCUT2D eigenvalue weighted by Gasteiger charge is -2.16.